The van der Waals surface area contributed by atoms with E-state index in [1.165, 1.54) is 6.42 Å². The molecule has 0 spiro atoms. The molecule has 0 aromatic heterocycles. The fourth-order valence-corrected chi connectivity index (χ4v) is 2.75. The van der Waals surface area contributed by atoms with E-state index in [0.29, 0.717) is 11.0 Å². The first-order valence-electron chi connectivity index (χ1n) is 6.98. The van der Waals surface area contributed by atoms with Gasteiger partial charge in [-0.1, -0.05) is 19.9 Å². The van der Waals surface area contributed by atoms with Gasteiger partial charge < -0.3 is 10.0 Å². The number of aryl methyl sites for hydroxylation is 1. The molecule has 3 nitrogen and oxygen atoms in total. The van der Waals surface area contributed by atoms with Gasteiger partial charge >= 0.3 is 5.97 Å². The van der Waals surface area contributed by atoms with Crippen LogP contribution >= 0.6 is 0 Å². The number of hydrogen-bond donors (Lipinski definition) is 1. The van der Waals surface area contributed by atoms with Crippen LogP contribution in [-0.2, 0) is 0 Å². The molecule has 0 unspecified atom stereocenters. The van der Waals surface area contributed by atoms with Gasteiger partial charge in [0.25, 0.3) is 0 Å². The Morgan fingerprint density at radius 2 is 2.00 bits per heavy atom. The lowest BCUT2D eigenvalue weighted by Gasteiger charge is -2.26. The molecule has 1 aliphatic rings. The number of benzene rings is 1. The van der Waals surface area contributed by atoms with Crippen molar-refractivity contribution in [3.8, 4) is 0 Å². The molecule has 0 saturated carbocycles. The summed E-state index contributed by atoms with van der Waals surface area (Å²) in [7, 11) is 0. The molecule has 0 aliphatic carbocycles. The summed E-state index contributed by atoms with van der Waals surface area (Å²) in [5.74, 6) is -0.835. The van der Waals surface area contributed by atoms with Crippen molar-refractivity contribution in [3.63, 3.8) is 0 Å². The largest absolute Gasteiger partial charge is 0.478 e. The molecule has 1 fully saturated rings. The minimum atomic E-state index is -0.835. The lowest BCUT2D eigenvalue weighted by Crippen LogP contribution is -2.27. The Bertz CT molecular complexity index is 480. The second kappa shape index (κ2) is 5.24. The monoisotopic (exact) mass is 261 g/mol. The lowest BCUT2D eigenvalue weighted by molar-refractivity contribution is 0.0697. The minimum absolute atomic E-state index is 0.363. The zero-order chi connectivity index (χ0) is 14.0. The number of rotatable bonds is 2. The van der Waals surface area contributed by atoms with Crippen LogP contribution in [0.2, 0.25) is 0 Å². The van der Waals surface area contributed by atoms with Gasteiger partial charge in [0, 0.05) is 13.1 Å². The van der Waals surface area contributed by atoms with Crippen molar-refractivity contribution in [1.82, 2.24) is 0 Å². The summed E-state index contributed by atoms with van der Waals surface area (Å²) in [6.45, 7) is 8.50. The Morgan fingerprint density at radius 3 is 2.68 bits per heavy atom. The van der Waals surface area contributed by atoms with Crippen LogP contribution in [0.3, 0.4) is 0 Å². The Labute approximate surface area is 115 Å². The predicted octanol–water partition coefficient (Wildman–Crippen LogP) is 3.71. The summed E-state index contributed by atoms with van der Waals surface area (Å²) in [6, 6.07) is 5.60. The third-order valence-electron chi connectivity index (χ3n) is 4.06. The molecule has 2 rings (SSSR count). The first kappa shape index (κ1) is 13.9. The number of hydrogen-bond acceptors (Lipinski definition) is 2. The summed E-state index contributed by atoms with van der Waals surface area (Å²) < 4.78 is 0. The third kappa shape index (κ3) is 3.28. The fourth-order valence-electron chi connectivity index (χ4n) is 2.75. The van der Waals surface area contributed by atoms with Crippen molar-refractivity contribution < 1.29 is 9.90 Å². The molecule has 0 radical (unpaired) electrons. The first-order chi connectivity index (χ1) is 8.89. The summed E-state index contributed by atoms with van der Waals surface area (Å²) in [4.78, 5) is 13.6. The maximum Gasteiger partial charge on any atom is 0.337 e. The van der Waals surface area contributed by atoms with Crippen molar-refractivity contribution >= 4 is 11.7 Å². The smallest absolute Gasteiger partial charge is 0.337 e. The predicted molar refractivity (Wildman–Crippen MR) is 78.0 cm³/mol. The first-order valence-corrected chi connectivity index (χ1v) is 6.98. The maximum atomic E-state index is 11.4. The molecule has 3 heteroatoms. The summed E-state index contributed by atoms with van der Waals surface area (Å²) >= 11 is 0. The fraction of sp³-hybridized carbons (Fsp3) is 0.562. The van der Waals surface area contributed by atoms with Crippen LogP contribution in [0.4, 0.5) is 5.69 Å². The Hall–Kier alpha value is -1.51. The van der Waals surface area contributed by atoms with E-state index >= 15 is 0 Å². The molecule has 0 bridgehead atoms. The molecule has 1 saturated heterocycles. The van der Waals surface area contributed by atoms with Crippen LogP contribution < -0.4 is 4.90 Å². The Kier molecular flexibility index (Phi) is 3.83. The highest BCUT2D eigenvalue weighted by molar-refractivity contribution is 5.94. The third-order valence-corrected chi connectivity index (χ3v) is 4.06. The Morgan fingerprint density at radius 1 is 1.26 bits per heavy atom. The highest BCUT2D eigenvalue weighted by Crippen LogP contribution is 2.33. The van der Waals surface area contributed by atoms with Crippen molar-refractivity contribution in [3.05, 3.63) is 29.3 Å². The van der Waals surface area contributed by atoms with E-state index in [9.17, 15) is 9.90 Å². The van der Waals surface area contributed by atoms with E-state index in [0.717, 1.165) is 37.2 Å². The highest BCUT2D eigenvalue weighted by Gasteiger charge is 2.25. The minimum Gasteiger partial charge on any atom is -0.478 e. The molecular weight excluding hydrogens is 238 g/mol. The van der Waals surface area contributed by atoms with Crippen LogP contribution in [0.1, 0.15) is 49.0 Å². The van der Waals surface area contributed by atoms with E-state index in [1.807, 2.05) is 19.1 Å². The van der Waals surface area contributed by atoms with Crippen LogP contribution in [-0.4, -0.2) is 24.2 Å². The molecule has 1 aliphatic heterocycles. The average Bonchev–Trinajstić information content (AvgIpc) is 2.49. The molecular formula is C16H23NO2. The number of carbonyl (C=O) groups is 1. The number of nitrogens with zero attached hydrogens (tertiary/aromatic N) is 1. The number of anilines is 1. The summed E-state index contributed by atoms with van der Waals surface area (Å²) in [5.41, 5.74) is 2.78. The van der Waals surface area contributed by atoms with E-state index in [-0.39, 0.29) is 0 Å². The molecule has 1 aromatic rings. The van der Waals surface area contributed by atoms with Crippen molar-refractivity contribution in [2.45, 2.75) is 40.0 Å². The maximum absolute atomic E-state index is 11.4. The second-order valence-electron chi connectivity index (χ2n) is 6.33. The van der Waals surface area contributed by atoms with Crippen LogP contribution in [0.5, 0.6) is 0 Å². The zero-order valence-electron chi connectivity index (χ0n) is 12.1. The van der Waals surface area contributed by atoms with Crippen molar-refractivity contribution in [2.24, 2.45) is 5.41 Å². The van der Waals surface area contributed by atoms with Gasteiger partial charge in [0.2, 0.25) is 0 Å². The number of carboxylic acid groups (broad SMARTS) is 1. The van der Waals surface area contributed by atoms with E-state index in [1.54, 1.807) is 6.07 Å². The summed E-state index contributed by atoms with van der Waals surface area (Å²) in [5, 5.41) is 9.33. The van der Waals surface area contributed by atoms with Gasteiger partial charge in [-0.2, -0.15) is 0 Å². The number of aromatic carboxylic acids is 1. The van der Waals surface area contributed by atoms with Gasteiger partial charge in [-0.25, -0.2) is 4.79 Å². The highest BCUT2D eigenvalue weighted by atomic mass is 16.4. The van der Waals surface area contributed by atoms with Crippen LogP contribution in [0.25, 0.3) is 0 Å². The zero-order valence-corrected chi connectivity index (χ0v) is 12.1. The molecule has 1 N–H and O–H groups in total. The average molecular weight is 261 g/mol. The molecule has 19 heavy (non-hydrogen) atoms. The SMILES string of the molecule is Cc1ccc(C(=O)O)c(N2CCCC(C)(C)CC2)c1. The van der Waals surface area contributed by atoms with E-state index in [4.69, 9.17) is 0 Å². The standard InChI is InChI=1S/C16H23NO2/c1-12-5-6-13(15(18)19)14(11-12)17-9-4-7-16(2,3)8-10-17/h5-6,11H,4,7-10H2,1-3H3,(H,18,19). The Balaban J connectivity index is 2.30. The summed E-state index contributed by atoms with van der Waals surface area (Å²) in [6.07, 6.45) is 3.44. The van der Waals surface area contributed by atoms with Gasteiger partial charge in [0.05, 0.1) is 11.3 Å². The topological polar surface area (TPSA) is 40.5 Å². The van der Waals surface area contributed by atoms with E-state index in [2.05, 4.69) is 18.7 Å². The molecule has 104 valence electrons. The van der Waals surface area contributed by atoms with Gasteiger partial charge in [0.1, 0.15) is 0 Å². The second-order valence-corrected chi connectivity index (χ2v) is 6.33. The molecule has 1 heterocycles. The van der Waals surface area contributed by atoms with E-state index < -0.39 is 5.97 Å². The van der Waals surface area contributed by atoms with Gasteiger partial charge in [-0.15, -0.1) is 0 Å². The molecule has 1 aromatic carbocycles. The molecule has 0 amide bonds. The van der Waals surface area contributed by atoms with Crippen LogP contribution in [0, 0.1) is 12.3 Å². The lowest BCUT2D eigenvalue weighted by atomic mass is 9.85. The normalized spacial score (nSPS) is 19.0. The quantitative estimate of drug-likeness (QED) is 0.882. The number of carboxylic acids is 1. The van der Waals surface area contributed by atoms with Gasteiger partial charge in [0.15, 0.2) is 0 Å². The van der Waals surface area contributed by atoms with Gasteiger partial charge in [-0.05, 0) is 49.3 Å². The van der Waals surface area contributed by atoms with Crippen molar-refractivity contribution in [2.75, 3.05) is 18.0 Å². The van der Waals surface area contributed by atoms with Gasteiger partial charge in [-0.3, -0.25) is 0 Å². The van der Waals surface area contributed by atoms with Crippen molar-refractivity contribution in [1.29, 1.82) is 0 Å². The van der Waals surface area contributed by atoms with Crippen LogP contribution in [0.15, 0.2) is 18.2 Å². The molecule has 0 atom stereocenters.